The molecule has 0 aromatic carbocycles. The van der Waals surface area contributed by atoms with E-state index in [1.165, 1.54) is 57.8 Å². The van der Waals surface area contributed by atoms with Gasteiger partial charge in [-0.3, -0.25) is 0 Å². The van der Waals surface area contributed by atoms with Gasteiger partial charge in [0.05, 0.1) is 12.7 Å². The van der Waals surface area contributed by atoms with Gasteiger partial charge in [0.15, 0.2) is 5.79 Å². The van der Waals surface area contributed by atoms with E-state index in [2.05, 4.69) is 34.6 Å². The van der Waals surface area contributed by atoms with Crippen molar-refractivity contribution in [1.29, 1.82) is 0 Å². The highest BCUT2D eigenvalue weighted by Crippen LogP contribution is 2.71. The summed E-state index contributed by atoms with van der Waals surface area (Å²) < 4.78 is 13.4. The largest absolute Gasteiger partial charge is 0.349 e. The van der Waals surface area contributed by atoms with Crippen LogP contribution in [0.5, 0.6) is 0 Å². The van der Waals surface area contributed by atoms with Gasteiger partial charge in [-0.2, -0.15) is 0 Å². The van der Waals surface area contributed by atoms with Crippen LogP contribution in [0.25, 0.3) is 0 Å². The van der Waals surface area contributed by atoms with Crippen molar-refractivity contribution in [3.8, 4) is 0 Å². The maximum atomic E-state index is 6.93. The third-order valence-electron chi connectivity index (χ3n) is 12.2. The molecule has 12 atom stereocenters. The molecular formula is C28H46O2. The highest BCUT2D eigenvalue weighted by molar-refractivity contribution is 5.15. The Morgan fingerprint density at radius 2 is 1.50 bits per heavy atom. The van der Waals surface area contributed by atoms with E-state index in [9.17, 15) is 0 Å². The molecule has 2 heteroatoms. The van der Waals surface area contributed by atoms with E-state index >= 15 is 0 Å². The van der Waals surface area contributed by atoms with Crippen LogP contribution in [0.1, 0.15) is 98.8 Å². The van der Waals surface area contributed by atoms with Crippen molar-refractivity contribution in [1.82, 2.24) is 0 Å². The third-order valence-corrected chi connectivity index (χ3v) is 12.2. The van der Waals surface area contributed by atoms with Gasteiger partial charge in [-0.05, 0) is 104 Å². The van der Waals surface area contributed by atoms with Crippen LogP contribution >= 0.6 is 0 Å². The Hall–Kier alpha value is -0.0800. The monoisotopic (exact) mass is 414 g/mol. The summed E-state index contributed by atoms with van der Waals surface area (Å²) in [7, 11) is 0. The van der Waals surface area contributed by atoms with Gasteiger partial charge in [-0.15, -0.1) is 0 Å². The number of hydrogen-bond donors (Lipinski definition) is 0. The van der Waals surface area contributed by atoms with E-state index in [0.29, 0.717) is 34.7 Å². The van der Waals surface area contributed by atoms with Crippen LogP contribution in [0.3, 0.4) is 0 Å². The second kappa shape index (κ2) is 6.72. The van der Waals surface area contributed by atoms with Gasteiger partial charge in [-0.1, -0.05) is 41.0 Å². The quantitative estimate of drug-likeness (QED) is 0.422. The first kappa shape index (κ1) is 20.5. The molecule has 0 bridgehead atoms. The fourth-order valence-corrected chi connectivity index (χ4v) is 10.5. The molecule has 0 amide bonds. The maximum absolute atomic E-state index is 6.93. The minimum absolute atomic E-state index is 0.254. The SMILES string of the molecule is CC1CC[C@@]2(C)[C@H](CC[C@@H]3[C@@H]2CC[C@]2(C)[C@@H]4[C@H](C[C@@H]32)O[C@]2(CC[C@H](C)CO2)[C@H]4C)C1. The van der Waals surface area contributed by atoms with E-state index in [-0.39, 0.29) is 5.79 Å². The van der Waals surface area contributed by atoms with E-state index in [1.807, 2.05) is 0 Å². The van der Waals surface area contributed by atoms with Crippen LogP contribution in [0, 0.1) is 58.2 Å². The van der Waals surface area contributed by atoms with Crippen LogP contribution in [0.4, 0.5) is 0 Å². The van der Waals surface area contributed by atoms with Gasteiger partial charge in [0.25, 0.3) is 0 Å². The summed E-state index contributed by atoms with van der Waals surface area (Å²) in [6.07, 6.45) is 14.6. The molecule has 0 N–H and O–H groups in total. The third kappa shape index (κ3) is 2.62. The Morgan fingerprint density at radius 3 is 2.27 bits per heavy atom. The molecule has 6 fully saturated rings. The lowest BCUT2D eigenvalue weighted by atomic mass is 9.44. The highest BCUT2D eigenvalue weighted by Gasteiger charge is 2.69. The first-order chi connectivity index (χ1) is 14.3. The lowest BCUT2D eigenvalue weighted by Crippen LogP contribution is -2.54. The lowest BCUT2D eigenvalue weighted by molar-refractivity contribution is -0.273. The molecule has 2 heterocycles. The topological polar surface area (TPSA) is 18.5 Å². The molecule has 30 heavy (non-hydrogen) atoms. The lowest BCUT2D eigenvalue weighted by Gasteiger charge is -2.61. The molecule has 4 saturated carbocycles. The van der Waals surface area contributed by atoms with Crippen molar-refractivity contribution in [3.63, 3.8) is 0 Å². The Morgan fingerprint density at radius 1 is 0.733 bits per heavy atom. The summed E-state index contributed by atoms with van der Waals surface area (Å²) in [4.78, 5) is 0. The minimum atomic E-state index is -0.254. The molecule has 2 nitrogen and oxygen atoms in total. The molecule has 0 radical (unpaired) electrons. The van der Waals surface area contributed by atoms with Crippen molar-refractivity contribution < 1.29 is 9.47 Å². The van der Waals surface area contributed by atoms with Crippen molar-refractivity contribution in [3.05, 3.63) is 0 Å². The highest BCUT2D eigenvalue weighted by atomic mass is 16.7. The van der Waals surface area contributed by atoms with Crippen LogP contribution in [0.15, 0.2) is 0 Å². The molecular weight excluding hydrogens is 368 g/mol. The van der Waals surface area contributed by atoms with E-state index in [1.54, 1.807) is 0 Å². The van der Waals surface area contributed by atoms with E-state index in [0.717, 1.165) is 42.6 Å². The van der Waals surface area contributed by atoms with Crippen LogP contribution in [0.2, 0.25) is 0 Å². The fourth-order valence-electron chi connectivity index (χ4n) is 10.5. The maximum Gasteiger partial charge on any atom is 0.171 e. The number of fused-ring (bicyclic) bond motifs is 7. The molecule has 0 aromatic heterocycles. The van der Waals surface area contributed by atoms with Crippen LogP contribution in [-0.2, 0) is 9.47 Å². The Balaban J connectivity index is 1.26. The second-order valence-electron chi connectivity index (χ2n) is 13.6. The predicted molar refractivity (Wildman–Crippen MR) is 121 cm³/mol. The van der Waals surface area contributed by atoms with Crippen LogP contribution in [-0.4, -0.2) is 18.5 Å². The number of hydrogen-bond acceptors (Lipinski definition) is 2. The van der Waals surface area contributed by atoms with Crippen molar-refractivity contribution in [2.45, 2.75) is 111 Å². The first-order valence-electron chi connectivity index (χ1n) is 13.6. The second-order valence-corrected chi connectivity index (χ2v) is 13.6. The zero-order valence-electron chi connectivity index (χ0n) is 20.3. The first-order valence-corrected chi connectivity index (χ1v) is 13.6. The molecule has 4 aliphatic carbocycles. The summed E-state index contributed by atoms with van der Waals surface area (Å²) in [5.74, 6) is 6.52. The van der Waals surface area contributed by atoms with Gasteiger partial charge >= 0.3 is 0 Å². The molecule has 2 aliphatic heterocycles. The van der Waals surface area contributed by atoms with Crippen LogP contribution < -0.4 is 0 Å². The summed E-state index contributed by atoms with van der Waals surface area (Å²) in [5, 5.41) is 0. The molecule has 170 valence electrons. The Kier molecular flexibility index (Phi) is 4.60. The van der Waals surface area contributed by atoms with Crippen molar-refractivity contribution >= 4 is 0 Å². The molecule has 1 spiro atoms. The normalized spacial score (nSPS) is 62.5. The summed E-state index contributed by atoms with van der Waals surface area (Å²) in [5.41, 5.74) is 1.11. The smallest absolute Gasteiger partial charge is 0.171 e. The molecule has 0 aromatic rings. The Labute approximate surface area is 185 Å². The van der Waals surface area contributed by atoms with Crippen molar-refractivity contribution in [2.24, 2.45) is 58.2 Å². The van der Waals surface area contributed by atoms with Gasteiger partial charge in [0.1, 0.15) is 0 Å². The minimum Gasteiger partial charge on any atom is -0.349 e. The zero-order valence-corrected chi connectivity index (χ0v) is 20.3. The number of ether oxygens (including phenoxy) is 2. The van der Waals surface area contributed by atoms with E-state index < -0.39 is 0 Å². The van der Waals surface area contributed by atoms with Crippen molar-refractivity contribution in [2.75, 3.05) is 6.61 Å². The fraction of sp³-hybridized carbons (Fsp3) is 1.00. The molecule has 6 rings (SSSR count). The average Bonchev–Trinajstić information content (AvgIpc) is 3.16. The molecule has 6 aliphatic rings. The predicted octanol–water partition coefficient (Wildman–Crippen LogP) is 7.07. The van der Waals surface area contributed by atoms with Gasteiger partial charge < -0.3 is 9.47 Å². The molecule has 2 saturated heterocycles. The Bertz CT molecular complexity index is 680. The molecule has 1 unspecified atom stereocenters. The van der Waals surface area contributed by atoms with Gasteiger partial charge in [0.2, 0.25) is 0 Å². The number of rotatable bonds is 0. The zero-order chi connectivity index (χ0) is 20.9. The summed E-state index contributed by atoms with van der Waals surface area (Å²) >= 11 is 0. The van der Waals surface area contributed by atoms with Gasteiger partial charge in [0, 0.05) is 12.3 Å². The summed E-state index contributed by atoms with van der Waals surface area (Å²) in [6, 6.07) is 0. The van der Waals surface area contributed by atoms with Gasteiger partial charge in [-0.25, -0.2) is 0 Å². The average molecular weight is 415 g/mol. The summed E-state index contributed by atoms with van der Waals surface area (Å²) in [6.45, 7) is 13.6. The van der Waals surface area contributed by atoms with E-state index in [4.69, 9.17) is 9.47 Å². The standard InChI is InChI=1S/C28H46O2/c1-17-8-11-26(4)20(14-17)6-7-21-22(26)10-12-27(5)23(21)15-24-25(27)19(3)28(30-24)13-9-18(2)16-29-28/h17-25H,6-16H2,1-5H3/t17?,18-,19-,20+,21+,22-,23-,24-,25-,26-,27-,28+/m0/s1.